The van der Waals surface area contributed by atoms with Gasteiger partial charge in [-0.2, -0.15) is 13.2 Å². The number of nitrogens with one attached hydrogen (secondary N) is 1. The van der Waals surface area contributed by atoms with Crippen LogP contribution in [0.25, 0.3) is 0 Å². The molecule has 0 spiro atoms. The fourth-order valence-electron chi connectivity index (χ4n) is 3.24. The van der Waals surface area contributed by atoms with E-state index in [1.165, 1.54) is 24.2 Å². The predicted molar refractivity (Wildman–Crippen MR) is 147 cm³/mol. The number of carbonyl (C=O) groups excluding carboxylic acids is 1. The molecule has 1 atom stereocenters. The summed E-state index contributed by atoms with van der Waals surface area (Å²) in [6.07, 6.45) is -3.37. The summed E-state index contributed by atoms with van der Waals surface area (Å²) in [4.78, 5) is 28.6. The van der Waals surface area contributed by atoms with Gasteiger partial charge in [-0.3, -0.25) is 4.79 Å². The molecular formula is C24H19F3I2N2O5S. The number of benzene rings is 2. The number of aromatic nitrogens is 1. The number of phenolic OH excluding ortho intramolecular Hbond substituents is 1. The number of aromatic hydroxyl groups is 1. The third-order valence-corrected chi connectivity index (χ3v) is 8.60. The Bertz CT molecular complexity index is 1280. The van der Waals surface area contributed by atoms with Crippen LogP contribution in [-0.2, 0) is 22.4 Å². The minimum absolute atomic E-state index is 0.139. The molecule has 196 valence electrons. The normalized spacial score (nSPS) is 12.2. The molecule has 1 amide bonds. The summed E-state index contributed by atoms with van der Waals surface area (Å²) in [6, 6.07) is 10.4. The van der Waals surface area contributed by atoms with Crippen molar-refractivity contribution in [1.82, 2.24) is 10.3 Å². The standard InChI is InChI=1S/C24H19F3I2N2O5S/c1-36-20-5-2-12(11-30-20)6-14-10-15(3-4-19(14)32)37-21-16(28)7-13(8-17(21)29)9-18(22(33)34)31-23(35)24(25,26)27/h2-5,7-8,10-11,18,32H,6,9H2,1H3,(H,31,35)(H,33,34)/t18-/m0/s1. The van der Waals surface area contributed by atoms with Crippen LogP contribution in [0.3, 0.4) is 0 Å². The molecule has 3 aromatic rings. The van der Waals surface area contributed by atoms with Crippen LogP contribution in [0.15, 0.2) is 58.5 Å². The SMILES string of the molecule is COc1ccc(Cc2cc(Sc3c(I)cc(C[C@H](NC(=O)C(F)(F)F)C(=O)O)cc3I)ccc2O)cn1. The summed E-state index contributed by atoms with van der Waals surface area (Å²) < 4.78 is 44.3. The monoisotopic (exact) mass is 758 g/mol. The van der Waals surface area contributed by atoms with E-state index in [-0.39, 0.29) is 12.2 Å². The smallest absolute Gasteiger partial charge is 0.471 e. The van der Waals surface area contributed by atoms with Crippen LogP contribution in [-0.4, -0.2) is 46.4 Å². The van der Waals surface area contributed by atoms with Gasteiger partial charge in [-0.05, 0) is 92.2 Å². The van der Waals surface area contributed by atoms with Crippen LogP contribution in [0.5, 0.6) is 11.6 Å². The minimum Gasteiger partial charge on any atom is -0.508 e. The van der Waals surface area contributed by atoms with Crippen molar-refractivity contribution >= 4 is 68.8 Å². The number of pyridine rings is 1. The van der Waals surface area contributed by atoms with Gasteiger partial charge < -0.3 is 20.3 Å². The van der Waals surface area contributed by atoms with Gasteiger partial charge in [0.15, 0.2) is 0 Å². The predicted octanol–water partition coefficient (Wildman–Crippen LogP) is 5.42. The number of phenols is 1. The molecule has 0 radical (unpaired) electrons. The number of ether oxygens (including phenoxy) is 1. The van der Waals surface area contributed by atoms with Crippen molar-refractivity contribution in [2.45, 2.75) is 34.9 Å². The van der Waals surface area contributed by atoms with E-state index < -0.39 is 24.1 Å². The van der Waals surface area contributed by atoms with Crippen molar-refractivity contribution in [2.75, 3.05) is 7.11 Å². The van der Waals surface area contributed by atoms with Crippen molar-refractivity contribution in [3.05, 3.63) is 72.5 Å². The molecule has 0 aliphatic carbocycles. The minimum atomic E-state index is -5.18. The van der Waals surface area contributed by atoms with E-state index in [0.717, 1.165) is 22.5 Å². The maximum atomic E-state index is 12.6. The quantitative estimate of drug-likeness (QED) is 0.251. The number of rotatable bonds is 9. The number of alkyl halides is 3. The van der Waals surface area contributed by atoms with Crippen LogP contribution in [0, 0.1) is 7.14 Å². The third kappa shape index (κ3) is 8.10. The van der Waals surface area contributed by atoms with Crippen LogP contribution in [0.1, 0.15) is 16.7 Å². The van der Waals surface area contributed by atoms with Crippen molar-refractivity contribution in [2.24, 2.45) is 0 Å². The summed E-state index contributed by atoms with van der Waals surface area (Å²) >= 11 is 5.57. The molecule has 0 saturated heterocycles. The lowest BCUT2D eigenvalue weighted by molar-refractivity contribution is -0.175. The zero-order chi connectivity index (χ0) is 27.3. The molecule has 0 aliphatic heterocycles. The molecule has 3 rings (SSSR count). The molecule has 1 aromatic heterocycles. The zero-order valence-electron chi connectivity index (χ0n) is 19.0. The second-order valence-electron chi connectivity index (χ2n) is 7.73. The zero-order valence-corrected chi connectivity index (χ0v) is 24.1. The summed E-state index contributed by atoms with van der Waals surface area (Å²) in [5, 5.41) is 21.2. The number of amides is 1. The van der Waals surface area contributed by atoms with Gasteiger partial charge in [0, 0.05) is 42.0 Å². The first-order valence-electron chi connectivity index (χ1n) is 10.4. The Balaban J connectivity index is 1.78. The number of nitrogens with zero attached hydrogens (tertiary/aromatic N) is 1. The van der Waals surface area contributed by atoms with Crippen molar-refractivity contribution in [3.8, 4) is 11.6 Å². The summed E-state index contributed by atoms with van der Waals surface area (Å²) in [5.41, 5.74) is 2.05. The molecule has 0 unspecified atom stereocenters. The summed E-state index contributed by atoms with van der Waals surface area (Å²) in [5.74, 6) is -3.24. The van der Waals surface area contributed by atoms with Crippen LogP contribution < -0.4 is 10.1 Å². The largest absolute Gasteiger partial charge is 0.508 e. The van der Waals surface area contributed by atoms with Gasteiger partial charge in [0.1, 0.15) is 11.8 Å². The first-order chi connectivity index (χ1) is 17.4. The molecule has 7 nitrogen and oxygen atoms in total. The van der Waals surface area contributed by atoms with Crippen molar-refractivity contribution in [3.63, 3.8) is 0 Å². The van der Waals surface area contributed by atoms with E-state index in [0.29, 0.717) is 23.4 Å². The number of carboxylic acids is 1. The molecule has 0 bridgehead atoms. The van der Waals surface area contributed by atoms with E-state index >= 15 is 0 Å². The molecule has 37 heavy (non-hydrogen) atoms. The lowest BCUT2D eigenvalue weighted by Gasteiger charge is -2.17. The number of aliphatic carboxylic acids is 1. The molecule has 0 saturated carbocycles. The van der Waals surface area contributed by atoms with Gasteiger partial charge in [0.2, 0.25) is 5.88 Å². The number of methoxy groups -OCH3 is 1. The van der Waals surface area contributed by atoms with Crippen LogP contribution in [0.2, 0.25) is 0 Å². The van der Waals surface area contributed by atoms with Gasteiger partial charge in [0.25, 0.3) is 0 Å². The first kappa shape index (κ1) is 29.3. The van der Waals surface area contributed by atoms with E-state index in [9.17, 15) is 33.0 Å². The fraction of sp³-hybridized carbons (Fsp3) is 0.208. The Morgan fingerprint density at radius 3 is 2.32 bits per heavy atom. The molecular weight excluding hydrogens is 739 g/mol. The molecule has 13 heteroatoms. The summed E-state index contributed by atoms with van der Waals surface area (Å²) in [7, 11) is 1.53. The number of carbonyl (C=O) groups is 2. The van der Waals surface area contributed by atoms with Gasteiger partial charge in [0.05, 0.1) is 7.11 Å². The second-order valence-corrected chi connectivity index (χ2v) is 11.1. The number of hydrogen-bond acceptors (Lipinski definition) is 6. The topological polar surface area (TPSA) is 109 Å². The van der Waals surface area contributed by atoms with Crippen molar-refractivity contribution < 1.29 is 37.7 Å². The highest BCUT2D eigenvalue weighted by molar-refractivity contribution is 14.1. The Labute approximate surface area is 241 Å². The number of hydrogen-bond donors (Lipinski definition) is 3. The first-order valence-corrected chi connectivity index (χ1v) is 13.4. The van der Waals surface area contributed by atoms with E-state index in [1.807, 2.05) is 12.1 Å². The van der Waals surface area contributed by atoms with Crippen LogP contribution >= 0.6 is 56.9 Å². The molecule has 3 N–H and O–H groups in total. The highest BCUT2D eigenvalue weighted by atomic mass is 127. The Kier molecular flexibility index (Phi) is 9.91. The second kappa shape index (κ2) is 12.5. The van der Waals surface area contributed by atoms with Gasteiger partial charge in [-0.15, -0.1) is 0 Å². The maximum absolute atomic E-state index is 12.6. The highest BCUT2D eigenvalue weighted by Gasteiger charge is 2.40. The van der Waals surface area contributed by atoms with E-state index in [4.69, 9.17) is 4.74 Å². The van der Waals surface area contributed by atoms with E-state index in [1.54, 1.807) is 36.5 Å². The molecule has 2 aromatic carbocycles. The van der Waals surface area contributed by atoms with Crippen molar-refractivity contribution in [1.29, 1.82) is 0 Å². The third-order valence-electron chi connectivity index (χ3n) is 5.03. The average Bonchev–Trinajstić information content (AvgIpc) is 2.82. The van der Waals surface area contributed by atoms with Crippen LogP contribution in [0.4, 0.5) is 13.2 Å². The lowest BCUT2D eigenvalue weighted by atomic mass is 10.1. The Morgan fingerprint density at radius 2 is 1.78 bits per heavy atom. The van der Waals surface area contributed by atoms with Gasteiger partial charge >= 0.3 is 18.1 Å². The molecule has 1 heterocycles. The Morgan fingerprint density at radius 1 is 1.11 bits per heavy atom. The highest BCUT2D eigenvalue weighted by Crippen LogP contribution is 2.38. The maximum Gasteiger partial charge on any atom is 0.471 e. The molecule has 0 fully saturated rings. The average molecular weight is 758 g/mol. The molecule has 0 aliphatic rings. The summed E-state index contributed by atoms with van der Waals surface area (Å²) in [6.45, 7) is 0. The van der Waals surface area contributed by atoms with E-state index in [2.05, 4.69) is 50.2 Å². The lowest BCUT2D eigenvalue weighted by Crippen LogP contribution is -2.47. The van der Waals surface area contributed by atoms with Gasteiger partial charge in [-0.25, -0.2) is 9.78 Å². The van der Waals surface area contributed by atoms with Gasteiger partial charge in [-0.1, -0.05) is 17.8 Å². The number of carboxylic acid groups (broad SMARTS) is 1. The number of halogens is 5. The Hall–Kier alpha value is -2.27. The fourth-order valence-corrected chi connectivity index (χ4v) is 6.69.